The third kappa shape index (κ3) is 4.89. The predicted octanol–water partition coefficient (Wildman–Crippen LogP) is 3.78. The van der Waals surface area contributed by atoms with E-state index in [2.05, 4.69) is 4.98 Å². The van der Waals surface area contributed by atoms with Crippen LogP contribution in [-0.2, 0) is 21.4 Å². The molecule has 1 aliphatic rings. The normalized spacial score (nSPS) is 15.9. The molecule has 1 N–H and O–H groups in total. The van der Waals surface area contributed by atoms with Gasteiger partial charge in [0.05, 0.1) is 11.0 Å². The van der Waals surface area contributed by atoms with E-state index in [4.69, 9.17) is 4.74 Å². The number of carboxylic acid groups (broad SMARTS) is 1. The average molecular weight is 472 g/mol. The molecule has 1 aliphatic heterocycles. The van der Waals surface area contributed by atoms with E-state index in [0.717, 1.165) is 16.6 Å². The summed E-state index contributed by atoms with van der Waals surface area (Å²) < 4.78 is 35.1. The highest BCUT2D eigenvalue weighted by Crippen LogP contribution is 2.35. The molecule has 1 saturated heterocycles. The van der Waals surface area contributed by atoms with Gasteiger partial charge in [-0.1, -0.05) is 0 Å². The zero-order valence-electron chi connectivity index (χ0n) is 19.1. The number of piperidine rings is 1. The number of fused-ring (bicyclic) bond motifs is 1. The summed E-state index contributed by atoms with van der Waals surface area (Å²) in [5.41, 5.74) is 2.52. The van der Waals surface area contributed by atoms with Crippen molar-refractivity contribution in [3.8, 4) is 5.75 Å². The van der Waals surface area contributed by atoms with Crippen molar-refractivity contribution in [3.05, 3.63) is 53.9 Å². The van der Waals surface area contributed by atoms with Crippen LogP contribution < -0.4 is 4.74 Å². The highest BCUT2D eigenvalue weighted by Gasteiger charge is 2.31. The number of aromatic nitrogens is 2. The standard InChI is InChI=1S/C24H29N3O5S/c1-16(2)32-19-5-7-20(8-6-19)33(30,31)27-12-10-18(11-13-27)22-14-26(15-23(28)29)24-21(22)9-4-17(3)25-24/h4-9,14,16,18H,10-13,15H2,1-3H3,(H,28,29). The van der Waals surface area contributed by atoms with Crippen LogP contribution in [0.2, 0.25) is 0 Å². The maximum atomic E-state index is 13.1. The molecule has 1 aromatic carbocycles. The number of carboxylic acids is 1. The molecule has 0 aliphatic carbocycles. The van der Waals surface area contributed by atoms with Gasteiger partial charge in [-0.25, -0.2) is 13.4 Å². The largest absolute Gasteiger partial charge is 0.491 e. The van der Waals surface area contributed by atoms with Gasteiger partial charge in [-0.3, -0.25) is 4.79 Å². The first-order chi connectivity index (χ1) is 15.6. The molecule has 2 aromatic heterocycles. The van der Waals surface area contributed by atoms with Crippen LogP contribution in [0.4, 0.5) is 0 Å². The van der Waals surface area contributed by atoms with Gasteiger partial charge in [-0.15, -0.1) is 0 Å². The molecule has 4 rings (SSSR count). The Morgan fingerprint density at radius 1 is 1.15 bits per heavy atom. The molecular weight excluding hydrogens is 442 g/mol. The van der Waals surface area contributed by atoms with E-state index in [1.807, 2.05) is 39.1 Å². The third-order valence-corrected chi connectivity index (χ3v) is 7.84. The Morgan fingerprint density at radius 2 is 1.82 bits per heavy atom. The van der Waals surface area contributed by atoms with E-state index in [0.29, 0.717) is 37.3 Å². The Labute approximate surface area is 193 Å². The number of hydrogen-bond acceptors (Lipinski definition) is 5. The number of aryl methyl sites for hydroxylation is 1. The minimum absolute atomic E-state index is 0.0204. The number of nitrogens with zero attached hydrogens (tertiary/aromatic N) is 3. The maximum Gasteiger partial charge on any atom is 0.323 e. The Hall–Kier alpha value is -2.91. The van der Waals surface area contributed by atoms with Crippen molar-refractivity contribution in [1.82, 2.24) is 13.9 Å². The molecule has 33 heavy (non-hydrogen) atoms. The molecule has 1 fully saturated rings. The Kier molecular flexibility index (Phi) is 6.45. The van der Waals surface area contributed by atoms with Crippen molar-refractivity contribution in [2.75, 3.05) is 13.1 Å². The van der Waals surface area contributed by atoms with Gasteiger partial charge in [0.1, 0.15) is 17.9 Å². The highest BCUT2D eigenvalue weighted by molar-refractivity contribution is 7.89. The fraction of sp³-hybridized carbons (Fsp3) is 0.417. The summed E-state index contributed by atoms with van der Waals surface area (Å²) in [6.45, 7) is 6.37. The molecule has 9 heteroatoms. The monoisotopic (exact) mass is 471 g/mol. The zero-order valence-corrected chi connectivity index (χ0v) is 19.9. The Bertz CT molecular complexity index is 1260. The summed E-state index contributed by atoms with van der Waals surface area (Å²) in [5, 5.41) is 10.2. The zero-order chi connectivity index (χ0) is 23.8. The van der Waals surface area contributed by atoms with E-state index in [-0.39, 0.29) is 23.5 Å². The van der Waals surface area contributed by atoms with Gasteiger partial charge in [0.15, 0.2) is 0 Å². The number of sulfonamides is 1. The lowest BCUT2D eigenvalue weighted by Crippen LogP contribution is -2.37. The second-order valence-corrected chi connectivity index (χ2v) is 10.7. The van der Waals surface area contributed by atoms with Crippen molar-refractivity contribution >= 4 is 27.0 Å². The van der Waals surface area contributed by atoms with Gasteiger partial charge >= 0.3 is 5.97 Å². The lowest BCUT2D eigenvalue weighted by atomic mass is 9.90. The number of benzene rings is 1. The van der Waals surface area contributed by atoms with Crippen LogP contribution in [0.5, 0.6) is 5.75 Å². The Balaban J connectivity index is 1.52. The highest BCUT2D eigenvalue weighted by atomic mass is 32.2. The van der Waals surface area contributed by atoms with Gasteiger partial charge in [0.2, 0.25) is 10.0 Å². The lowest BCUT2D eigenvalue weighted by molar-refractivity contribution is -0.137. The number of carbonyl (C=O) groups is 1. The molecule has 0 unspecified atom stereocenters. The molecule has 176 valence electrons. The first kappa shape index (κ1) is 23.3. The van der Waals surface area contributed by atoms with Crippen molar-refractivity contribution in [2.45, 2.75) is 57.1 Å². The van der Waals surface area contributed by atoms with Crippen LogP contribution >= 0.6 is 0 Å². The molecule has 0 radical (unpaired) electrons. The van der Waals surface area contributed by atoms with Crippen molar-refractivity contribution in [2.24, 2.45) is 0 Å². The summed E-state index contributed by atoms with van der Waals surface area (Å²) in [7, 11) is -3.59. The minimum Gasteiger partial charge on any atom is -0.491 e. The fourth-order valence-corrected chi connectivity index (χ4v) is 5.87. The first-order valence-corrected chi connectivity index (χ1v) is 12.5. The number of rotatable bonds is 7. The second kappa shape index (κ2) is 9.15. The minimum atomic E-state index is -3.59. The first-order valence-electron chi connectivity index (χ1n) is 11.1. The quantitative estimate of drug-likeness (QED) is 0.563. The fourth-order valence-electron chi connectivity index (χ4n) is 4.40. The smallest absolute Gasteiger partial charge is 0.323 e. The molecule has 0 atom stereocenters. The van der Waals surface area contributed by atoms with E-state index in [1.165, 1.54) is 4.31 Å². The van der Waals surface area contributed by atoms with Crippen LogP contribution in [0, 0.1) is 6.92 Å². The van der Waals surface area contributed by atoms with Gasteiger partial charge in [-0.2, -0.15) is 4.31 Å². The maximum absolute atomic E-state index is 13.1. The van der Waals surface area contributed by atoms with Crippen LogP contribution in [0.1, 0.15) is 43.9 Å². The van der Waals surface area contributed by atoms with Gasteiger partial charge < -0.3 is 14.4 Å². The number of hydrogen-bond donors (Lipinski definition) is 1. The number of aliphatic carboxylic acids is 1. The van der Waals surface area contributed by atoms with E-state index < -0.39 is 16.0 Å². The average Bonchev–Trinajstić information content (AvgIpc) is 3.10. The van der Waals surface area contributed by atoms with Gasteiger partial charge in [0.25, 0.3) is 0 Å². The number of pyridine rings is 1. The van der Waals surface area contributed by atoms with E-state index in [1.54, 1.807) is 28.8 Å². The van der Waals surface area contributed by atoms with Crippen LogP contribution in [0.15, 0.2) is 47.5 Å². The molecular formula is C24H29N3O5S. The lowest BCUT2D eigenvalue weighted by Gasteiger charge is -2.31. The summed E-state index contributed by atoms with van der Waals surface area (Å²) in [6.07, 6.45) is 3.21. The molecule has 3 heterocycles. The predicted molar refractivity (Wildman–Crippen MR) is 125 cm³/mol. The summed E-state index contributed by atoms with van der Waals surface area (Å²) >= 11 is 0. The van der Waals surface area contributed by atoms with Crippen LogP contribution in [0.25, 0.3) is 11.0 Å². The summed E-state index contributed by atoms with van der Waals surface area (Å²) in [6, 6.07) is 10.5. The molecule has 8 nitrogen and oxygen atoms in total. The summed E-state index contributed by atoms with van der Waals surface area (Å²) in [5.74, 6) is -0.142. The van der Waals surface area contributed by atoms with E-state index >= 15 is 0 Å². The molecule has 0 bridgehead atoms. The topological polar surface area (TPSA) is 102 Å². The SMILES string of the molecule is Cc1ccc2c(C3CCN(S(=O)(=O)c4ccc(OC(C)C)cc4)CC3)cn(CC(=O)O)c2n1. The molecule has 0 amide bonds. The van der Waals surface area contributed by atoms with E-state index in [9.17, 15) is 18.3 Å². The molecule has 3 aromatic rings. The Morgan fingerprint density at radius 3 is 2.42 bits per heavy atom. The van der Waals surface area contributed by atoms with Crippen molar-refractivity contribution in [3.63, 3.8) is 0 Å². The van der Waals surface area contributed by atoms with Crippen LogP contribution in [-0.4, -0.2) is 52.5 Å². The molecule has 0 saturated carbocycles. The van der Waals surface area contributed by atoms with Gasteiger partial charge in [0, 0.05) is 30.4 Å². The second-order valence-electron chi connectivity index (χ2n) is 8.75. The number of ether oxygens (including phenoxy) is 1. The van der Waals surface area contributed by atoms with Crippen LogP contribution in [0.3, 0.4) is 0 Å². The van der Waals surface area contributed by atoms with Crippen molar-refractivity contribution in [1.29, 1.82) is 0 Å². The van der Waals surface area contributed by atoms with Crippen molar-refractivity contribution < 1.29 is 23.1 Å². The summed E-state index contributed by atoms with van der Waals surface area (Å²) in [4.78, 5) is 16.1. The van der Waals surface area contributed by atoms with Gasteiger partial charge in [-0.05, 0) is 81.5 Å². The third-order valence-electron chi connectivity index (χ3n) is 5.92. The molecule has 0 spiro atoms.